The smallest absolute Gasteiger partial charge is 0.354 e. The number of carboxylic acid groups (broad SMARTS) is 1. The zero-order chi connectivity index (χ0) is 11.7. The van der Waals surface area contributed by atoms with Gasteiger partial charge in [0.1, 0.15) is 5.69 Å². The summed E-state index contributed by atoms with van der Waals surface area (Å²) in [5, 5.41) is 9.52. The first kappa shape index (κ1) is 10.5. The topological polar surface area (TPSA) is 92.0 Å². The van der Waals surface area contributed by atoms with Gasteiger partial charge in [0.05, 0.1) is 0 Å². The molecule has 0 fully saturated rings. The lowest BCUT2D eigenvalue weighted by molar-refractivity contribution is 0.0692. The number of nitrogens with one attached hydrogen (secondary N) is 1. The molecule has 0 aliphatic heterocycles. The third-order valence-electron chi connectivity index (χ3n) is 2.05. The fourth-order valence-electron chi connectivity index (χ4n) is 1.36. The number of aromatic carboxylic acids is 1. The number of nitrogen functional groups attached to an aromatic ring is 1. The van der Waals surface area contributed by atoms with Crippen molar-refractivity contribution in [2.24, 2.45) is 0 Å². The van der Waals surface area contributed by atoms with Crippen molar-refractivity contribution >= 4 is 23.5 Å². The van der Waals surface area contributed by atoms with E-state index in [1.165, 1.54) is 0 Å². The van der Waals surface area contributed by atoms with E-state index in [4.69, 9.17) is 22.4 Å². The lowest BCUT2D eigenvalue weighted by Crippen LogP contribution is -1.99. The van der Waals surface area contributed by atoms with Crippen molar-refractivity contribution in [3.63, 3.8) is 0 Å². The van der Waals surface area contributed by atoms with Gasteiger partial charge in [0, 0.05) is 10.6 Å². The zero-order valence-corrected chi connectivity index (χ0v) is 8.82. The van der Waals surface area contributed by atoms with Gasteiger partial charge >= 0.3 is 5.97 Å². The van der Waals surface area contributed by atoms with Gasteiger partial charge in [-0.15, -0.1) is 0 Å². The number of aromatic amines is 1. The number of rotatable bonds is 2. The van der Waals surface area contributed by atoms with Crippen molar-refractivity contribution in [3.8, 4) is 11.3 Å². The van der Waals surface area contributed by atoms with Gasteiger partial charge < -0.3 is 15.8 Å². The third-order valence-corrected chi connectivity index (χ3v) is 2.31. The molecule has 2 aromatic rings. The summed E-state index contributed by atoms with van der Waals surface area (Å²) in [4.78, 5) is 17.3. The minimum absolute atomic E-state index is 0.0279. The van der Waals surface area contributed by atoms with Gasteiger partial charge in [-0.1, -0.05) is 23.7 Å². The molecule has 2 rings (SSSR count). The molecule has 1 aromatic carbocycles. The fourth-order valence-corrected chi connectivity index (χ4v) is 1.49. The summed E-state index contributed by atoms with van der Waals surface area (Å²) in [5.74, 6) is -1.03. The standard InChI is InChI=1S/C10H8ClN3O2/c11-6-3-1-5(2-4-6)7-8(9(15)16)14-10(12)13-7/h1-4H,(H,15,16)(H3,12,13,14). The molecule has 0 spiro atoms. The van der Waals surface area contributed by atoms with Crippen molar-refractivity contribution in [1.29, 1.82) is 0 Å². The van der Waals surface area contributed by atoms with E-state index in [0.29, 0.717) is 16.3 Å². The van der Waals surface area contributed by atoms with Gasteiger partial charge in [0.2, 0.25) is 0 Å². The van der Waals surface area contributed by atoms with Crippen LogP contribution in [-0.2, 0) is 0 Å². The summed E-state index contributed by atoms with van der Waals surface area (Å²) < 4.78 is 0. The Kier molecular flexibility index (Phi) is 2.54. The highest BCUT2D eigenvalue weighted by molar-refractivity contribution is 6.30. The molecular weight excluding hydrogens is 230 g/mol. The first-order valence-corrected chi connectivity index (χ1v) is 4.80. The maximum absolute atomic E-state index is 10.9. The van der Waals surface area contributed by atoms with Gasteiger partial charge in [-0.2, -0.15) is 0 Å². The summed E-state index contributed by atoms with van der Waals surface area (Å²) >= 11 is 5.74. The number of benzene rings is 1. The normalized spacial score (nSPS) is 10.3. The number of hydrogen-bond donors (Lipinski definition) is 3. The molecular formula is C10H8ClN3O2. The van der Waals surface area contributed by atoms with Crippen LogP contribution in [0.25, 0.3) is 11.3 Å². The molecule has 16 heavy (non-hydrogen) atoms. The van der Waals surface area contributed by atoms with Crippen molar-refractivity contribution in [1.82, 2.24) is 9.97 Å². The van der Waals surface area contributed by atoms with Crippen LogP contribution < -0.4 is 5.73 Å². The van der Waals surface area contributed by atoms with E-state index in [1.54, 1.807) is 24.3 Å². The van der Waals surface area contributed by atoms with E-state index in [1.807, 2.05) is 0 Å². The molecule has 0 aliphatic rings. The van der Waals surface area contributed by atoms with E-state index in [0.717, 1.165) is 0 Å². The molecule has 4 N–H and O–H groups in total. The van der Waals surface area contributed by atoms with Crippen LogP contribution >= 0.6 is 11.6 Å². The molecule has 0 aliphatic carbocycles. The lowest BCUT2D eigenvalue weighted by Gasteiger charge is -1.98. The predicted octanol–water partition coefficient (Wildman–Crippen LogP) is 2.01. The quantitative estimate of drug-likeness (QED) is 0.745. The Hall–Kier alpha value is -2.01. The van der Waals surface area contributed by atoms with E-state index in [9.17, 15) is 4.79 Å². The monoisotopic (exact) mass is 237 g/mol. The van der Waals surface area contributed by atoms with E-state index in [2.05, 4.69) is 9.97 Å². The van der Waals surface area contributed by atoms with E-state index >= 15 is 0 Å². The van der Waals surface area contributed by atoms with E-state index in [-0.39, 0.29) is 11.6 Å². The maximum Gasteiger partial charge on any atom is 0.354 e. The number of anilines is 1. The molecule has 5 nitrogen and oxygen atoms in total. The van der Waals surface area contributed by atoms with E-state index < -0.39 is 5.97 Å². The Labute approximate surface area is 95.9 Å². The van der Waals surface area contributed by atoms with Gasteiger partial charge in [-0.25, -0.2) is 9.78 Å². The Bertz CT molecular complexity index is 533. The Morgan fingerprint density at radius 2 is 2.00 bits per heavy atom. The van der Waals surface area contributed by atoms with Crippen LogP contribution in [0, 0.1) is 0 Å². The maximum atomic E-state index is 10.9. The molecule has 0 unspecified atom stereocenters. The van der Waals surface area contributed by atoms with Crippen LogP contribution in [0.1, 0.15) is 10.5 Å². The average molecular weight is 238 g/mol. The van der Waals surface area contributed by atoms with Gasteiger partial charge in [0.15, 0.2) is 11.6 Å². The first-order valence-electron chi connectivity index (χ1n) is 4.42. The second-order valence-electron chi connectivity index (χ2n) is 3.16. The Balaban J connectivity index is 2.55. The minimum atomic E-state index is -1.10. The van der Waals surface area contributed by atoms with Crippen molar-refractivity contribution in [2.45, 2.75) is 0 Å². The van der Waals surface area contributed by atoms with Crippen molar-refractivity contribution < 1.29 is 9.90 Å². The number of halogens is 1. The van der Waals surface area contributed by atoms with Crippen LogP contribution in [-0.4, -0.2) is 21.0 Å². The largest absolute Gasteiger partial charge is 0.477 e. The van der Waals surface area contributed by atoms with Gasteiger partial charge in [-0.05, 0) is 12.1 Å². The summed E-state index contributed by atoms with van der Waals surface area (Å²) in [7, 11) is 0. The van der Waals surface area contributed by atoms with Crippen LogP contribution in [0.2, 0.25) is 5.02 Å². The van der Waals surface area contributed by atoms with Gasteiger partial charge in [-0.3, -0.25) is 0 Å². The van der Waals surface area contributed by atoms with Crippen LogP contribution in [0.5, 0.6) is 0 Å². The molecule has 0 radical (unpaired) electrons. The third kappa shape index (κ3) is 1.85. The average Bonchev–Trinajstić information content (AvgIpc) is 2.61. The highest BCUT2D eigenvalue weighted by Crippen LogP contribution is 2.24. The van der Waals surface area contributed by atoms with Crippen LogP contribution in [0.15, 0.2) is 24.3 Å². The number of hydrogen-bond acceptors (Lipinski definition) is 3. The number of aromatic nitrogens is 2. The van der Waals surface area contributed by atoms with Crippen molar-refractivity contribution in [2.75, 3.05) is 5.73 Å². The zero-order valence-electron chi connectivity index (χ0n) is 8.07. The molecule has 6 heteroatoms. The predicted molar refractivity (Wildman–Crippen MR) is 60.4 cm³/mol. The summed E-state index contributed by atoms with van der Waals surface area (Å²) in [6.07, 6.45) is 0. The molecule has 0 amide bonds. The molecule has 0 saturated carbocycles. The summed E-state index contributed by atoms with van der Waals surface area (Å²) in [6, 6.07) is 6.69. The van der Waals surface area contributed by atoms with Crippen LogP contribution in [0.3, 0.4) is 0 Å². The molecule has 0 bridgehead atoms. The summed E-state index contributed by atoms with van der Waals surface area (Å²) in [5.41, 5.74) is 6.36. The molecule has 0 saturated heterocycles. The van der Waals surface area contributed by atoms with Gasteiger partial charge in [0.25, 0.3) is 0 Å². The number of carboxylic acids is 1. The summed E-state index contributed by atoms with van der Waals surface area (Å²) in [6.45, 7) is 0. The lowest BCUT2D eigenvalue weighted by atomic mass is 10.1. The minimum Gasteiger partial charge on any atom is -0.477 e. The highest BCUT2D eigenvalue weighted by Gasteiger charge is 2.16. The number of carbonyl (C=O) groups is 1. The van der Waals surface area contributed by atoms with Crippen molar-refractivity contribution in [3.05, 3.63) is 35.0 Å². The molecule has 0 atom stereocenters. The second-order valence-corrected chi connectivity index (χ2v) is 3.59. The molecule has 82 valence electrons. The number of imidazole rings is 1. The highest BCUT2D eigenvalue weighted by atomic mass is 35.5. The molecule has 1 aromatic heterocycles. The SMILES string of the molecule is Nc1nc(-c2ccc(Cl)cc2)c(C(=O)O)[nH]1. The fraction of sp³-hybridized carbons (Fsp3) is 0. The number of nitrogens with zero attached hydrogens (tertiary/aromatic N) is 1. The number of H-pyrrole nitrogens is 1. The van der Waals surface area contributed by atoms with Crippen LogP contribution in [0.4, 0.5) is 5.95 Å². The number of nitrogens with two attached hydrogens (primary N) is 1. The Morgan fingerprint density at radius 1 is 1.38 bits per heavy atom. The first-order chi connectivity index (χ1) is 7.58. The second kappa shape index (κ2) is 3.86. The Morgan fingerprint density at radius 3 is 2.56 bits per heavy atom. The molecule has 1 heterocycles.